The molecule has 1 aliphatic heterocycles. The minimum absolute atomic E-state index is 0.0120. The SMILES string of the molecule is CC[C@H](C)[C@@H]([C@@H](CC(=O)N1CCC[C@H]1[C@H](OC)[C@@H](C)C(=O)N[C@@H](Cc1ccccc1)C(=O)NCCOCNC(=O)CN(C)C(=O)OC1c2ccccc2-c2ccccc21)OC)N(C)C(=O)[C@@H](NC(=O)[C@H](C(C)C)N(C)C)C(C)C. The topological polar surface area (TPSA) is 217 Å². The maximum Gasteiger partial charge on any atom is 0.410 e. The van der Waals surface area contributed by atoms with E-state index in [4.69, 9.17) is 18.9 Å². The molecule has 0 radical (unpaired) electrons. The molecule has 19 nitrogen and oxygen atoms in total. The molecule has 1 heterocycles. The number of hydrogen-bond donors (Lipinski definition) is 4. The zero-order valence-electron chi connectivity index (χ0n) is 48.8. The van der Waals surface area contributed by atoms with Crippen LogP contribution in [0.25, 0.3) is 11.1 Å². The maximum absolute atomic E-state index is 14.5. The first-order chi connectivity index (χ1) is 37.6. The molecule has 1 saturated heterocycles. The highest BCUT2D eigenvalue weighted by atomic mass is 16.6. The van der Waals surface area contributed by atoms with Gasteiger partial charge in [0.2, 0.25) is 35.4 Å². The number of benzene rings is 3. The molecule has 0 aromatic heterocycles. The molecule has 7 amide bonds. The number of amides is 7. The molecule has 5 rings (SSSR count). The molecule has 434 valence electrons. The van der Waals surface area contributed by atoms with Gasteiger partial charge in [0.25, 0.3) is 0 Å². The van der Waals surface area contributed by atoms with E-state index in [1.54, 1.807) is 23.8 Å². The van der Waals surface area contributed by atoms with E-state index in [2.05, 4.69) is 21.3 Å². The van der Waals surface area contributed by atoms with E-state index in [1.807, 2.05) is 139 Å². The van der Waals surface area contributed by atoms with Crippen molar-refractivity contribution >= 4 is 41.5 Å². The lowest BCUT2D eigenvalue weighted by Gasteiger charge is -2.41. The van der Waals surface area contributed by atoms with Crippen LogP contribution in [0.2, 0.25) is 0 Å². The van der Waals surface area contributed by atoms with Crippen molar-refractivity contribution < 1.29 is 52.5 Å². The highest BCUT2D eigenvalue weighted by Gasteiger charge is 2.44. The van der Waals surface area contributed by atoms with Crippen molar-refractivity contribution in [2.24, 2.45) is 23.7 Å². The van der Waals surface area contributed by atoms with Gasteiger partial charge in [-0.25, -0.2) is 4.79 Å². The number of carbonyl (C=O) groups is 7. The minimum Gasteiger partial charge on any atom is -0.436 e. The van der Waals surface area contributed by atoms with Crippen LogP contribution in [0.3, 0.4) is 0 Å². The van der Waals surface area contributed by atoms with Gasteiger partial charge >= 0.3 is 6.09 Å². The molecule has 2 aliphatic rings. The Balaban J connectivity index is 1.15. The average molecular weight is 1100 g/mol. The summed E-state index contributed by atoms with van der Waals surface area (Å²) >= 11 is 0. The lowest BCUT2D eigenvalue weighted by molar-refractivity contribution is -0.148. The third-order valence-electron chi connectivity index (χ3n) is 15.5. The summed E-state index contributed by atoms with van der Waals surface area (Å²) in [5, 5.41) is 11.5. The van der Waals surface area contributed by atoms with Crippen molar-refractivity contribution in [1.29, 1.82) is 0 Å². The van der Waals surface area contributed by atoms with Crippen LogP contribution < -0.4 is 21.3 Å². The molecule has 3 aromatic carbocycles. The third kappa shape index (κ3) is 16.6. The molecule has 1 fully saturated rings. The summed E-state index contributed by atoms with van der Waals surface area (Å²) in [6, 6.07) is 21.6. The maximum atomic E-state index is 14.5. The zero-order chi connectivity index (χ0) is 58.1. The summed E-state index contributed by atoms with van der Waals surface area (Å²) in [4.78, 5) is 103. The second kappa shape index (κ2) is 30.3. The van der Waals surface area contributed by atoms with Crippen molar-refractivity contribution in [3.05, 3.63) is 95.6 Å². The van der Waals surface area contributed by atoms with Gasteiger partial charge in [0.05, 0.1) is 49.3 Å². The van der Waals surface area contributed by atoms with Crippen LogP contribution >= 0.6 is 0 Å². The van der Waals surface area contributed by atoms with Gasteiger partial charge in [-0.3, -0.25) is 33.7 Å². The first-order valence-corrected chi connectivity index (χ1v) is 27.8. The van der Waals surface area contributed by atoms with Crippen LogP contribution in [0.15, 0.2) is 78.9 Å². The highest BCUT2D eigenvalue weighted by molar-refractivity contribution is 5.91. The molecule has 4 N–H and O–H groups in total. The van der Waals surface area contributed by atoms with E-state index in [0.29, 0.717) is 25.8 Å². The summed E-state index contributed by atoms with van der Waals surface area (Å²) in [6.07, 6.45) is -0.579. The lowest BCUT2D eigenvalue weighted by atomic mass is 9.89. The molecule has 79 heavy (non-hydrogen) atoms. The first-order valence-electron chi connectivity index (χ1n) is 27.8. The molecule has 9 atom stereocenters. The van der Waals surface area contributed by atoms with Crippen LogP contribution in [0.1, 0.15) is 96.9 Å². The number of methoxy groups -OCH3 is 2. The standard InChI is InChI=1S/C60H88N8O11/c1-14-39(6)53(67(11)59(74)51(37(2)3)64-58(73)52(38(4)5)65(8)9)48(76-12)34-50(70)68-31-22-29-47(68)54(77-13)40(7)56(71)63-46(33-41-23-16-15-17-24-41)57(72)61-30-32-78-36-62-49(69)35-66(10)60(75)79-55-44-27-20-18-25-42(44)43-26-19-21-28-45(43)55/h15-21,23-28,37-40,46-48,51-55H,14,22,29-36H2,1-13H3,(H,61,72)(H,62,69)(H,63,71)(H,64,73)/t39-,40+,46-,47-,48+,51-,52-,53-,54+/m0/s1. The second-order valence-corrected chi connectivity index (χ2v) is 22.0. The number of hydrogen-bond acceptors (Lipinski definition) is 12. The zero-order valence-corrected chi connectivity index (χ0v) is 48.8. The molecule has 0 saturated carbocycles. The molecule has 3 aromatic rings. The summed E-state index contributed by atoms with van der Waals surface area (Å²) < 4.78 is 23.6. The van der Waals surface area contributed by atoms with E-state index in [1.165, 1.54) is 26.2 Å². The Labute approximate surface area is 468 Å². The summed E-state index contributed by atoms with van der Waals surface area (Å²) in [5.74, 6) is -3.13. The Morgan fingerprint density at radius 3 is 1.92 bits per heavy atom. The van der Waals surface area contributed by atoms with E-state index in [9.17, 15) is 33.6 Å². The van der Waals surface area contributed by atoms with Crippen LogP contribution in [0.5, 0.6) is 0 Å². The molecule has 1 aliphatic carbocycles. The molecular formula is C60H88N8O11. The number of fused-ring (bicyclic) bond motifs is 3. The predicted molar refractivity (Wildman–Crippen MR) is 302 cm³/mol. The number of nitrogens with one attached hydrogen (secondary N) is 4. The number of likely N-dealkylation sites (N-methyl/N-ethyl adjacent to an activating group) is 3. The molecule has 0 bridgehead atoms. The smallest absolute Gasteiger partial charge is 0.410 e. The molecule has 0 unspecified atom stereocenters. The van der Waals surface area contributed by atoms with Crippen LogP contribution in [-0.4, -0.2) is 179 Å². The Bertz CT molecular complexity index is 2460. The highest BCUT2D eigenvalue weighted by Crippen LogP contribution is 2.45. The van der Waals surface area contributed by atoms with Crippen molar-refractivity contribution in [1.82, 2.24) is 40.9 Å². The van der Waals surface area contributed by atoms with E-state index in [0.717, 1.165) is 27.8 Å². The van der Waals surface area contributed by atoms with Gasteiger partial charge < -0.3 is 54.9 Å². The molecule has 0 spiro atoms. The molecule has 19 heteroatoms. The monoisotopic (exact) mass is 1100 g/mol. The number of nitrogens with zero attached hydrogens (tertiary/aromatic N) is 4. The number of carbonyl (C=O) groups excluding carboxylic acids is 7. The Hall–Kier alpha value is -6.41. The predicted octanol–water partition coefficient (Wildman–Crippen LogP) is 5.41. The van der Waals surface area contributed by atoms with Gasteiger partial charge in [-0.1, -0.05) is 134 Å². The second-order valence-electron chi connectivity index (χ2n) is 22.0. The quantitative estimate of drug-likeness (QED) is 0.0508. The van der Waals surface area contributed by atoms with Gasteiger partial charge in [0.15, 0.2) is 6.10 Å². The lowest BCUT2D eigenvalue weighted by Crippen LogP contribution is -2.59. The van der Waals surface area contributed by atoms with Crippen LogP contribution in [-0.2, 0) is 54.1 Å². The van der Waals surface area contributed by atoms with Gasteiger partial charge in [-0.15, -0.1) is 0 Å². The van der Waals surface area contributed by atoms with Crippen molar-refractivity contribution in [3.8, 4) is 11.1 Å². The fourth-order valence-corrected chi connectivity index (χ4v) is 11.1. The van der Waals surface area contributed by atoms with Crippen LogP contribution in [0.4, 0.5) is 4.79 Å². The largest absolute Gasteiger partial charge is 0.436 e. The van der Waals surface area contributed by atoms with Gasteiger partial charge in [0, 0.05) is 59.0 Å². The van der Waals surface area contributed by atoms with Crippen molar-refractivity contribution in [3.63, 3.8) is 0 Å². The summed E-state index contributed by atoms with van der Waals surface area (Å²) in [7, 11) is 9.93. The Morgan fingerprint density at radius 1 is 0.734 bits per heavy atom. The van der Waals surface area contributed by atoms with Crippen molar-refractivity contribution in [2.45, 2.75) is 129 Å². The van der Waals surface area contributed by atoms with E-state index < -0.39 is 78.3 Å². The average Bonchev–Trinajstić information content (AvgIpc) is 4.12. The fraction of sp³-hybridized carbons (Fsp3) is 0.583. The summed E-state index contributed by atoms with van der Waals surface area (Å²) in [5.41, 5.74) is 4.57. The number of likely N-dealkylation sites (tertiary alicyclic amines) is 1. The number of ether oxygens (including phenoxy) is 4. The van der Waals surface area contributed by atoms with E-state index >= 15 is 0 Å². The fourth-order valence-electron chi connectivity index (χ4n) is 11.1. The third-order valence-corrected chi connectivity index (χ3v) is 15.5. The van der Waals surface area contributed by atoms with Crippen LogP contribution in [0, 0.1) is 23.7 Å². The van der Waals surface area contributed by atoms with Gasteiger partial charge in [0.1, 0.15) is 25.4 Å². The number of rotatable bonds is 29. The van der Waals surface area contributed by atoms with Gasteiger partial charge in [-0.05, 0) is 61.4 Å². The minimum atomic E-state index is -0.981. The van der Waals surface area contributed by atoms with Gasteiger partial charge in [-0.2, -0.15) is 0 Å². The Morgan fingerprint density at radius 2 is 1.35 bits per heavy atom. The van der Waals surface area contributed by atoms with E-state index in [-0.39, 0.29) is 74.7 Å². The normalized spacial score (nSPS) is 17.1. The summed E-state index contributed by atoms with van der Waals surface area (Å²) in [6.45, 7) is 13.6. The van der Waals surface area contributed by atoms with Crippen molar-refractivity contribution in [2.75, 3.05) is 75.4 Å². The first kappa shape index (κ1) is 63.4. The molecular weight excluding hydrogens is 1010 g/mol. The Kier molecular flexibility index (Phi) is 24.3.